The van der Waals surface area contributed by atoms with Gasteiger partial charge in [0.1, 0.15) is 24.0 Å². The van der Waals surface area contributed by atoms with E-state index in [2.05, 4.69) is 28.7 Å². The summed E-state index contributed by atoms with van der Waals surface area (Å²) in [4.78, 5) is 11.1. The molecule has 0 atom stereocenters. The molecule has 1 aliphatic carbocycles. The Hall–Kier alpha value is -1.49. The molecule has 2 rings (SSSR count). The summed E-state index contributed by atoms with van der Waals surface area (Å²) in [5, 5.41) is 8.98. The summed E-state index contributed by atoms with van der Waals surface area (Å²) < 4.78 is 12.2. The molecule has 0 heterocycles. The number of amides is 1. The minimum Gasteiger partial charge on any atom is -0.489 e. The van der Waals surface area contributed by atoms with E-state index in [9.17, 15) is 4.79 Å². The van der Waals surface area contributed by atoms with Crippen molar-refractivity contribution in [2.45, 2.75) is 39.9 Å². The summed E-state index contributed by atoms with van der Waals surface area (Å²) in [6.07, 6.45) is -1.20. The molecule has 1 aromatic rings. The molecule has 0 spiro atoms. The second-order valence-corrected chi connectivity index (χ2v) is 7.87. The van der Waals surface area contributed by atoms with Gasteiger partial charge in [0.25, 0.3) is 0 Å². The standard InChI is InChI=1S/C16H19IN2O3/c1-15(2)12(16(3,4)13(15)22-14(19)20)21-10-6-5-9(8-18)11(17)7-10/h5-7,12-13H,1-4H3,(H2,19,20)/t12-,13-. The number of hydrogen-bond donors (Lipinski definition) is 1. The Balaban J connectivity index is 2.22. The monoisotopic (exact) mass is 414 g/mol. The SMILES string of the molecule is CC1(C)[C@H](OC(N)=O)C(C)(C)[C@H]1Oc1ccc(C#N)c(I)c1. The van der Waals surface area contributed by atoms with Crippen LogP contribution in [0, 0.1) is 25.7 Å². The number of halogens is 1. The van der Waals surface area contributed by atoms with E-state index in [1.54, 1.807) is 12.1 Å². The number of nitrogens with two attached hydrogens (primary N) is 1. The molecular formula is C16H19IN2O3. The van der Waals surface area contributed by atoms with E-state index >= 15 is 0 Å². The molecule has 0 bridgehead atoms. The van der Waals surface area contributed by atoms with Gasteiger partial charge in [-0.05, 0) is 40.8 Å². The van der Waals surface area contributed by atoms with Crippen molar-refractivity contribution in [3.05, 3.63) is 27.3 Å². The second kappa shape index (κ2) is 5.61. The van der Waals surface area contributed by atoms with Crippen LogP contribution in [-0.4, -0.2) is 18.3 Å². The molecule has 118 valence electrons. The Labute approximate surface area is 143 Å². The molecule has 0 saturated heterocycles. The maximum Gasteiger partial charge on any atom is 0.404 e. The molecule has 0 unspecified atom stereocenters. The fraction of sp³-hybridized carbons (Fsp3) is 0.500. The zero-order valence-electron chi connectivity index (χ0n) is 13.0. The van der Waals surface area contributed by atoms with Crippen LogP contribution in [0.3, 0.4) is 0 Å². The van der Waals surface area contributed by atoms with Gasteiger partial charge in [-0.1, -0.05) is 27.7 Å². The van der Waals surface area contributed by atoms with Gasteiger partial charge in [0, 0.05) is 14.4 Å². The van der Waals surface area contributed by atoms with Gasteiger partial charge in [-0.25, -0.2) is 4.79 Å². The van der Waals surface area contributed by atoms with Gasteiger partial charge in [-0.15, -0.1) is 0 Å². The van der Waals surface area contributed by atoms with Gasteiger partial charge >= 0.3 is 6.09 Å². The normalized spacial score (nSPS) is 24.7. The minimum absolute atomic E-state index is 0.131. The highest BCUT2D eigenvalue weighted by Crippen LogP contribution is 2.57. The van der Waals surface area contributed by atoms with E-state index in [1.165, 1.54) is 0 Å². The topological polar surface area (TPSA) is 85.3 Å². The van der Waals surface area contributed by atoms with Gasteiger partial charge in [-0.2, -0.15) is 5.26 Å². The van der Waals surface area contributed by atoms with Crippen LogP contribution in [0.4, 0.5) is 4.79 Å². The van der Waals surface area contributed by atoms with E-state index in [0.29, 0.717) is 11.3 Å². The number of hydrogen-bond acceptors (Lipinski definition) is 4. The maximum absolute atomic E-state index is 11.1. The molecule has 22 heavy (non-hydrogen) atoms. The van der Waals surface area contributed by atoms with Crippen molar-refractivity contribution in [2.24, 2.45) is 16.6 Å². The van der Waals surface area contributed by atoms with E-state index in [1.807, 2.05) is 33.8 Å². The fourth-order valence-electron chi connectivity index (χ4n) is 3.62. The Morgan fingerprint density at radius 3 is 2.32 bits per heavy atom. The van der Waals surface area contributed by atoms with Gasteiger partial charge in [0.05, 0.1) is 5.56 Å². The number of carbonyl (C=O) groups excluding carboxylic acids is 1. The van der Waals surface area contributed by atoms with E-state index in [4.69, 9.17) is 20.5 Å². The fourth-order valence-corrected chi connectivity index (χ4v) is 4.22. The van der Waals surface area contributed by atoms with Crippen LogP contribution < -0.4 is 10.5 Å². The molecule has 1 amide bonds. The average molecular weight is 414 g/mol. The lowest BCUT2D eigenvalue weighted by atomic mass is 9.51. The van der Waals surface area contributed by atoms with Crippen molar-refractivity contribution >= 4 is 28.7 Å². The zero-order chi connectivity index (χ0) is 16.7. The lowest BCUT2D eigenvalue weighted by Crippen LogP contribution is -2.70. The quantitative estimate of drug-likeness (QED) is 0.768. The van der Waals surface area contributed by atoms with Gasteiger partial charge in [0.15, 0.2) is 0 Å². The van der Waals surface area contributed by atoms with Crippen LogP contribution in [0.5, 0.6) is 5.75 Å². The van der Waals surface area contributed by atoms with Crippen LogP contribution in [0.1, 0.15) is 33.3 Å². The smallest absolute Gasteiger partial charge is 0.404 e. The lowest BCUT2D eigenvalue weighted by molar-refractivity contribution is -0.234. The first-order chi connectivity index (χ1) is 10.1. The molecule has 1 saturated carbocycles. The first-order valence-electron chi connectivity index (χ1n) is 6.93. The first kappa shape index (κ1) is 16.9. The largest absolute Gasteiger partial charge is 0.489 e. The summed E-state index contributed by atoms with van der Waals surface area (Å²) in [5.74, 6) is 0.701. The minimum atomic E-state index is -0.766. The van der Waals surface area contributed by atoms with Crippen molar-refractivity contribution in [2.75, 3.05) is 0 Å². The molecule has 0 aliphatic heterocycles. The van der Waals surface area contributed by atoms with E-state index in [0.717, 1.165) is 3.57 Å². The summed E-state index contributed by atoms with van der Waals surface area (Å²) >= 11 is 2.11. The Morgan fingerprint density at radius 2 is 1.86 bits per heavy atom. The number of benzene rings is 1. The first-order valence-corrected chi connectivity index (χ1v) is 8.01. The summed E-state index contributed by atoms with van der Waals surface area (Å²) in [6, 6.07) is 7.50. The number of nitriles is 1. The molecule has 6 heteroatoms. The van der Waals surface area contributed by atoms with Crippen molar-refractivity contribution in [3.63, 3.8) is 0 Å². The second-order valence-electron chi connectivity index (χ2n) is 6.71. The predicted molar refractivity (Wildman–Crippen MR) is 90.3 cm³/mol. The van der Waals surface area contributed by atoms with Gasteiger partial charge < -0.3 is 15.2 Å². The van der Waals surface area contributed by atoms with Gasteiger partial charge in [0.2, 0.25) is 0 Å². The highest BCUT2D eigenvalue weighted by Gasteiger charge is 2.66. The maximum atomic E-state index is 11.1. The summed E-state index contributed by atoms with van der Waals surface area (Å²) in [7, 11) is 0. The van der Waals surface area contributed by atoms with Crippen molar-refractivity contribution in [1.29, 1.82) is 5.26 Å². The number of ether oxygens (including phenoxy) is 2. The van der Waals surface area contributed by atoms with Crippen molar-refractivity contribution in [3.8, 4) is 11.8 Å². The third kappa shape index (κ3) is 2.74. The predicted octanol–water partition coefficient (Wildman–Crippen LogP) is 3.44. The van der Waals surface area contributed by atoms with Crippen molar-refractivity contribution < 1.29 is 14.3 Å². The third-order valence-corrected chi connectivity index (χ3v) is 5.14. The molecule has 1 aromatic carbocycles. The van der Waals surface area contributed by atoms with Crippen LogP contribution in [-0.2, 0) is 4.74 Å². The Morgan fingerprint density at radius 1 is 1.27 bits per heavy atom. The summed E-state index contributed by atoms with van der Waals surface area (Å²) in [6.45, 7) is 7.96. The summed E-state index contributed by atoms with van der Waals surface area (Å²) in [5.41, 5.74) is 5.08. The lowest BCUT2D eigenvalue weighted by Gasteiger charge is -2.61. The molecule has 5 nitrogen and oxygen atoms in total. The highest BCUT2D eigenvalue weighted by atomic mass is 127. The molecule has 1 fully saturated rings. The van der Waals surface area contributed by atoms with Crippen LogP contribution in [0.15, 0.2) is 18.2 Å². The molecule has 1 aliphatic rings. The van der Waals surface area contributed by atoms with Gasteiger partial charge in [-0.3, -0.25) is 0 Å². The van der Waals surface area contributed by atoms with E-state index < -0.39 is 6.09 Å². The van der Waals surface area contributed by atoms with Crippen LogP contribution >= 0.6 is 22.6 Å². The number of primary amides is 1. The third-order valence-electron chi connectivity index (χ3n) is 4.25. The number of carbonyl (C=O) groups is 1. The molecule has 0 aromatic heterocycles. The molecule has 0 radical (unpaired) electrons. The highest BCUT2D eigenvalue weighted by molar-refractivity contribution is 14.1. The van der Waals surface area contributed by atoms with Crippen LogP contribution in [0.25, 0.3) is 0 Å². The molecular weight excluding hydrogens is 395 g/mol. The van der Waals surface area contributed by atoms with Crippen molar-refractivity contribution in [1.82, 2.24) is 0 Å². The molecule has 2 N–H and O–H groups in total. The Bertz CT molecular complexity index is 633. The van der Waals surface area contributed by atoms with E-state index in [-0.39, 0.29) is 23.0 Å². The Kier molecular flexibility index (Phi) is 4.30. The number of rotatable bonds is 3. The average Bonchev–Trinajstić information content (AvgIpc) is 2.41. The zero-order valence-corrected chi connectivity index (χ0v) is 15.2. The van der Waals surface area contributed by atoms with Crippen LogP contribution in [0.2, 0.25) is 0 Å². The number of nitrogens with zero attached hydrogens (tertiary/aromatic N) is 1.